The van der Waals surface area contributed by atoms with E-state index in [4.69, 9.17) is 4.74 Å². The summed E-state index contributed by atoms with van der Waals surface area (Å²) in [7, 11) is -0.454. The van der Waals surface area contributed by atoms with Crippen molar-refractivity contribution in [3.63, 3.8) is 0 Å². The van der Waals surface area contributed by atoms with Crippen molar-refractivity contribution in [2.75, 3.05) is 33.8 Å². The number of piperazine rings is 1. The number of hydrogen-bond acceptors (Lipinski definition) is 4. The van der Waals surface area contributed by atoms with Crippen LogP contribution in [-0.2, 0) is 14.8 Å². The molecule has 0 radical (unpaired) electrons. The zero-order valence-corrected chi connectivity index (χ0v) is 13.5. The van der Waals surface area contributed by atoms with E-state index in [1.165, 1.54) is 4.31 Å². The van der Waals surface area contributed by atoms with E-state index < -0.39 is 10.0 Å². The predicted octanol–water partition coefficient (Wildman–Crippen LogP) is 0.775. The fraction of sp³-hybridized carbons (Fsp3) is 0.500. The van der Waals surface area contributed by atoms with Gasteiger partial charge in [0, 0.05) is 20.1 Å². The lowest BCUT2D eigenvalue weighted by molar-refractivity contribution is -0.132. The van der Waals surface area contributed by atoms with E-state index >= 15 is 0 Å². The number of hydrogen-bond donors (Lipinski definition) is 0. The van der Waals surface area contributed by atoms with E-state index in [-0.39, 0.29) is 17.3 Å². The normalized spacial score (nSPS) is 17.1. The van der Waals surface area contributed by atoms with Crippen LogP contribution in [0.25, 0.3) is 0 Å². The first-order valence-electron chi connectivity index (χ1n) is 6.66. The molecule has 1 aliphatic rings. The lowest BCUT2D eigenvalue weighted by Crippen LogP contribution is -2.50. The molecule has 1 fully saturated rings. The fourth-order valence-electron chi connectivity index (χ4n) is 2.51. The van der Waals surface area contributed by atoms with Gasteiger partial charge in [0.2, 0.25) is 15.9 Å². The Labute approximate surface area is 125 Å². The fourth-order valence-corrected chi connectivity index (χ4v) is 4.30. The molecule has 0 saturated carbocycles. The maximum atomic E-state index is 12.8. The maximum Gasteiger partial charge on any atom is 0.244 e. The van der Waals surface area contributed by atoms with Crippen molar-refractivity contribution < 1.29 is 17.9 Å². The molecule has 0 aromatic heterocycles. The summed E-state index contributed by atoms with van der Waals surface area (Å²) in [4.78, 5) is 13.6. The molecule has 0 bridgehead atoms. The second kappa shape index (κ2) is 5.65. The van der Waals surface area contributed by atoms with Gasteiger partial charge in [0.1, 0.15) is 5.75 Å². The van der Waals surface area contributed by atoms with Crippen LogP contribution in [0.15, 0.2) is 17.0 Å². The van der Waals surface area contributed by atoms with Gasteiger partial charge < -0.3 is 9.64 Å². The number of likely N-dealkylation sites (N-methyl/N-ethyl adjacent to an activating group) is 1. The summed E-state index contributed by atoms with van der Waals surface area (Å²) in [5.41, 5.74) is 1.25. The average molecular weight is 312 g/mol. The molecule has 0 spiro atoms. The Morgan fingerprint density at radius 1 is 1.14 bits per heavy atom. The molecule has 7 heteroatoms. The number of aryl methyl sites for hydroxylation is 2. The topological polar surface area (TPSA) is 66.9 Å². The third-order valence-electron chi connectivity index (χ3n) is 3.69. The van der Waals surface area contributed by atoms with Crippen LogP contribution in [0.2, 0.25) is 0 Å². The number of carbonyl (C=O) groups is 1. The zero-order valence-electron chi connectivity index (χ0n) is 12.7. The van der Waals surface area contributed by atoms with Crippen molar-refractivity contribution in [3.8, 4) is 5.75 Å². The molecule has 1 aliphatic heterocycles. The summed E-state index contributed by atoms with van der Waals surface area (Å²) < 4.78 is 32.0. The van der Waals surface area contributed by atoms with Gasteiger partial charge in [0.15, 0.2) is 0 Å². The second-order valence-corrected chi connectivity index (χ2v) is 7.12. The highest BCUT2D eigenvalue weighted by atomic mass is 32.2. The molecule has 1 aromatic rings. The molecule has 0 aliphatic carbocycles. The van der Waals surface area contributed by atoms with Crippen molar-refractivity contribution in [2.24, 2.45) is 0 Å². The second-order valence-electron chi connectivity index (χ2n) is 5.24. The summed E-state index contributed by atoms with van der Waals surface area (Å²) in [5, 5.41) is 0. The number of amides is 1. The molecule has 0 atom stereocenters. The van der Waals surface area contributed by atoms with Crippen LogP contribution < -0.4 is 4.74 Å². The Morgan fingerprint density at radius 3 is 2.19 bits per heavy atom. The van der Waals surface area contributed by atoms with Crippen LogP contribution in [0.3, 0.4) is 0 Å². The zero-order chi connectivity index (χ0) is 15.8. The predicted molar refractivity (Wildman–Crippen MR) is 78.9 cm³/mol. The first-order chi connectivity index (χ1) is 9.77. The Bertz CT molecular complexity index is 647. The lowest BCUT2D eigenvalue weighted by atomic mass is 10.1. The molecule has 1 heterocycles. The third-order valence-corrected chi connectivity index (χ3v) is 5.84. The number of rotatable bonds is 3. The summed E-state index contributed by atoms with van der Waals surface area (Å²) in [6, 6.07) is 3.38. The van der Waals surface area contributed by atoms with Crippen LogP contribution in [0.1, 0.15) is 11.1 Å². The van der Waals surface area contributed by atoms with Crippen LogP contribution in [-0.4, -0.2) is 57.3 Å². The van der Waals surface area contributed by atoms with E-state index in [1.807, 2.05) is 0 Å². The van der Waals surface area contributed by atoms with Gasteiger partial charge in [0.05, 0.1) is 18.6 Å². The van der Waals surface area contributed by atoms with Crippen LogP contribution in [0.4, 0.5) is 0 Å². The van der Waals surface area contributed by atoms with Gasteiger partial charge in [-0.25, -0.2) is 8.42 Å². The molecule has 116 valence electrons. The molecular formula is C14H20N2O4S. The molecule has 2 rings (SSSR count). The standard InChI is InChI=1S/C14H20N2O4S/c1-10-7-12(20-4)8-11(2)14(10)21(18,19)16-6-5-15(3)13(17)9-16/h7-8H,5-6,9H2,1-4H3. The Hall–Kier alpha value is -1.60. The van der Waals surface area contributed by atoms with Crippen molar-refractivity contribution in [3.05, 3.63) is 23.3 Å². The molecule has 21 heavy (non-hydrogen) atoms. The van der Waals surface area contributed by atoms with E-state index in [0.29, 0.717) is 30.0 Å². The highest BCUT2D eigenvalue weighted by Gasteiger charge is 2.33. The van der Waals surface area contributed by atoms with Gasteiger partial charge in [-0.1, -0.05) is 0 Å². The quantitative estimate of drug-likeness (QED) is 0.827. The van der Waals surface area contributed by atoms with Crippen LogP contribution >= 0.6 is 0 Å². The van der Waals surface area contributed by atoms with Gasteiger partial charge in [-0.05, 0) is 37.1 Å². The summed E-state index contributed by atoms with van der Waals surface area (Å²) in [6.45, 7) is 4.09. The molecule has 1 amide bonds. The number of nitrogens with zero attached hydrogens (tertiary/aromatic N) is 2. The Kier molecular flexibility index (Phi) is 4.25. The number of ether oxygens (including phenoxy) is 1. The van der Waals surface area contributed by atoms with Gasteiger partial charge in [-0.15, -0.1) is 0 Å². The van der Waals surface area contributed by atoms with Crippen molar-refractivity contribution >= 4 is 15.9 Å². The van der Waals surface area contributed by atoms with Crippen molar-refractivity contribution in [1.82, 2.24) is 9.21 Å². The molecular weight excluding hydrogens is 292 g/mol. The Balaban J connectivity index is 2.43. The maximum absolute atomic E-state index is 12.8. The SMILES string of the molecule is COc1cc(C)c(S(=O)(=O)N2CCN(C)C(=O)C2)c(C)c1. The summed E-state index contributed by atoms with van der Waals surface area (Å²) in [5.74, 6) is 0.437. The first kappa shape index (κ1) is 15.8. The molecule has 0 unspecified atom stereocenters. The van der Waals surface area contributed by atoms with Crippen LogP contribution in [0.5, 0.6) is 5.75 Å². The van der Waals surface area contributed by atoms with E-state index in [2.05, 4.69) is 0 Å². The largest absolute Gasteiger partial charge is 0.497 e. The smallest absolute Gasteiger partial charge is 0.244 e. The summed E-state index contributed by atoms with van der Waals surface area (Å²) in [6.07, 6.45) is 0. The first-order valence-corrected chi connectivity index (χ1v) is 8.10. The van der Waals surface area contributed by atoms with Crippen molar-refractivity contribution in [1.29, 1.82) is 0 Å². The van der Waals surface area contributed by atoms with Crippen LogP contribution in [0, 0.1) is 13.8 Å². The molecule has 0 N–H and O–H groups in total. The lowest BCUT2D eigenvalue weighted by Gasteiger charge is -2.32. The van der Waals surface area contributed by atoms with Crippen molar-refractivity contribution in [2.45, 2.75) is 18.7 Å². The molecule has 1 saturated heterocycles. The van der Waals surface area contributed by atoms with Gasteiger partial charge in [-0.3, -0.25) is 4.79 Å². The Morgan fingerprint density at radius 2 is 1.71 bits per heavy atom. The van der Waals surface area contributed by atoms with E-state index in [1.54, 1.807) is 45.0 Å². The third kappa shape index (κ3) is 2.89. The minimum atomic E-state index is -3.67. The van der Waals surface area contributed by atoms with Gasteiger partial charge in [-0.2, -0.15) is 4.31 Å². The highest BCUT2D eigenvalue weighted by molar-refractivity contribution is 7.89. The highest BCUT2D eigenvalue weighted by Crippen LogP contribution is 2.28. The number of benzene rings is 1. The van der Waals surface area contributed by atoms with E-state index in [9.17, 15) is 13.2 Å². The minimum absolute atomic E-state index is 0.107. The van der Waals surface area contributed by atoms with Gasteiger partial charge >= 0.3 is 0 Å². The monoisotopic (exact) mass is 312 g/mol. The number of carbonyl (C=O) groups excluding carboxylic acids is 1. The van der Waals surface area contributed by atoms with Gasteiger partial charge in [0.25, 0.3) is 0 Å². The minimum Gasteiger partial charge on any atom is -0.497 e. The average Bonchev–Trinajstić information content (AvgIpc) is 2.40. The molecule has 6 nitrogen and oxygen atoms in total. The summed E-state index contributed by atoms with van der Waals surface area (Å²) >= 11 is 0. The number of sulfonamides is 1. The number of methoxy groups -OCH3 is 1. The molecule has 1 aromatic carbocycles. The van der Waals surface area contributed by atoms with E-state index in [0.717, 1.165) is 0 Å².